The van der Waals surface area contributed by atoms with Gasteiger partial charge in [-0.1, -0.05) is 50.1 Å². The molecule has 5 heteroatoms. The number of carbonyl (C=O) groups is 1. The van der Waals surface area contributed by atoms with Crippen LogP contribution in [0, 0.1) is 0 Å². The molecule has 0 unspecified atom stereocenters. The lowest BCUT2D eigenvalue weighted by Crippen LogP contribution is -2.20. The molecule has 0 radical (unpaired) electrons. The van der Waals surface area contributed by atoms with Crippen LogP contribution in [-0.2, 0) is 22.4 Å². The lowest BCUT2D eigenvalue weighted by Gasteiger charge is -2.23. The van der Waals surface area contributed by atoms with Crippen LogP contribution < -0.4 is 4.74 Å². The van der Waals surface area contributed by atoms with Crippen LogP contribution in [0.1, 0.15) is 55.4 Å². The lowest BCUT2D eigenvalue weighted by molar-refractivity contribution is -0.115. The first kappa shape index (κ1) is 24.3. The van der Waals surface area contributed by atoms with Crippen LogP contribution in [0.15, 0.2) is 65.9 Å². The molecule has 0 aromatic heterocycles. The van der Waals surface area contributed by atoms with Gasteiger partial charge in [0.2, 0.25) is 5.78 Å². The first-order valence-electron chi connectivity index (χ1n) is 12.6. The molecule has 0 saturated carbocycles. The minimum Gasteiger partial charge on any atom is -0.489 e. The van der Waals surface area contributed by atoms with Gasteiger partial charge in [-0.05, 0) is 84.4 Å². The Balaban J connectivity index is 1.20. The van der Waals surface area contributed by atoms with E-state index in [4.69, 9.17) is 9.47 Å². The number of aryl methyl sites for hydroxylation is 2. The third-order valence-corrected chi connectivity index (χ3v) is 9.61. The van der Waals surface area contributed by atoms with Gasteiger partial charge in [0.15, 0.2) is 10.0 Å². The summed E-state index contributed by atoms with van der Waals surface area (Å²) in [7, 11) is 0. The van der Waals surface area contributed by atoms with Gasteiger partial charge in [-0.3, -0.25) is 4.79 Å². The van der Waals surface area contributed by atoms with Crippen molar-refractivity contribution < 1.29 is 14.3 Å². The summed E-state index contributed by atoms with van der Waals surface area (Å²) in [4.78, 5) is 13.0. The second-order valence-electron chi connectivity index (χ2n) is 9.28. The molecule has 35 heavy (non-hydrogen) atoms. The summed E-state index contributed by atoms with van der Waals surface area (Å²) < 4.78 is 11.8. The van der Waals surface area contributed by atoms with Crippen molar-refractivity contribution in [2.24, 2.45) is 0 Å². The maximum Gasteiger partial charge on any atom is 0.228 e. The fourth-order valence-corrected chi connectivity index (χ4v) is 7.23. The molecule has 2 aromatic carbocycles. The van der Waals surface area contributed by atoms with E-state index < -0.39 is 0 Å². The maximum atomic E-state index is 13.0. The SMILES string of the molecule is CCCCCOC1=CC=C2C(=Cc3cc(CCc4ccc(OC5(C)SCCS5)cc4)ccc32)C1=O. The van der Waals surface area contributed by atoms with Crippen molar-refractivity contribution in [3.8, 4) is 5.75 Å². The van der Waals surface area contributed by atoms with Crippen LogP contribution in [0.3, 0.4) is 0 Å². The molecule has 1 saturated heterocycles. The zero-order valence-corrected chi connectivity index (χ0v) is 22.1. The minimum absolute atomic E-state index is 0.00215. The average molecular weight is 505 g/mol. The van der Waals surface area contributed by atoms with E-state index in [0.29, 0.717) is 12.4 Å². The summed E-state index contributed by atoms with van der Waals surface area (Å²) in [6, 6.07) is 15.1. The normalized spacial score (nSPS) is 17.9. The fourth-order valence-electron chi connectivity index (χ4n) is 4.68. The molecule has 5 rings (SSSR count). The van der Waals surface area contributed by atoms with Gasteiger partial charge in [-0.15, -0.1) is 23.5 Å². The van der Waals surface area contributed by atoms with Gasteiger partial charge in [-0.25, -0.2) is 0 Å². The highest BCUT2D eigenvalue weighted by Gasteiger charge is 2.32. The van der Waals surface area contributed by atoms with E-state index >= 15 is 0 Å². The number of ketones is 1. The topological polar surface area (TPSA) is 35.5 Å². The van der Waals surface area contributed by atoms with Crippen LogP contribution in [0.5, 0.6) is 5.75 Å². The van der Waals surface area contributed by atoms with Gasteiger partial charge in [0, 0.05) is 17.1 Å². The highest BCUT2D eigenvalue weighted by Crippen LogP contribution is 2.44. The zero-order chi connectivity index (χ0) is 24.3. The molecule has 3 nitrogen and oxygen atoms in total. The molecule has 0 amide bonds. The number of hydrogen-bond donors (Lipinski definition) is 0. The number of fused-ring (bicyclic) bond motifs is 3. The number of Topliss-reactive ketones (excluding diaryl/α,β-unsaturated/α-hetero) is 1. The van der Waals surface area contributed by atoms with E-state index in [1.807, 2.05) is 41.8 Å². The van der Waals surface area contributed by atoms with Crippen molar-refractivity contribution in [2.45, 2.75) is 50.2 Å². The molecule has 0 N–H and O–H groups in total. The number of unbranched alkanes of at least 4 members (excludes halogenated alkanes) is 2. The van der Waals surface area contributed by atoms with E-state index in [2.05, 4.69) is 56.3 Å². The third kappa shape index (κ3) is 5.57. The van der Waals surface area contributed by atoms with Gasteiger partial charge >= 0.3 is 0 Å². The molecule has 1 aliphatic heterocycles. The number of thioether (sulfide) groups is 2. The Labute approximate surface area is 217 Å². The summed E-state index contributed by atoms with van der Waals surface area (Å²) in [6.45, 7) is 4.92. The van der Waals surface area contributed by atoms with E-state index in [1.165, 1.54) is 11.1 Å². The van der Waals surface area contributed by atoms with Crippen molar-refractivity contribution >= 4 is 41.0 Å². The molecule has 182 valence electrons. The van der Waals surface area contributed by atoms with Crippen molar-refractivity contribution in [3.63, 3.8) is 0 Å². The second kappa shape index (κ2) is 10.7. The number of carbonyl (C=O) groups excluding carboxylic acids is 1. The Morgan fingerprint density at radius 2 is 1.66 bits per heavy atom. The van der Waals surface area contributed by atoms with Crippen molar-refractivity contribution in [3.05, 3.63) is 88.2 Å². The van der Waals surface area contributed by atoms with Crippen molar-refractivity contribution in [1.82, 2.24) is 0 Å². The molecular weight excluding hydrogens is 472 g/mol. The number of allylic oxidation sites excluding steroid dienone is 4. The molecule has 2 aliphatic carbocycles. The largest absolute Gasteiger partial charge is 0.489 e. The monoisotopic (exact) mass is 504 g/mol. The van der Waals surface area contributed by atoms with Crippen LogP contribution in [-0.4, -0.2) is 28.2 Å². The first-order chi connectivity index (χ1) is 17.0. The highest BCUT2D eigenvalue weighted by atomic mass is 32.2. The Kier molecular flexibility index (Phi) is 7.45. The summed E-state index contributed by atoms with van der Waals surface area (Å²) in [5.41, 5.74) is 6.61. The van der Waals surface area contributed by atoms with Gasteiger partial charge in [0.1, 0.15) is 5.75 Å². The molecule has 3 aliphatic rings. The molecule has 1 fully saturated rings. The van der Waals surface area contributed by atoms with Gasteiger partial charge < -0.3 is 9.47 Å². The van der Waals surface area contributed by atoms with Crippen molar-refractivity contribution in [1.29, 1.82) is 0 Å². The standard InChI is InChI=1S/C30H32O3S2/c1-3-4-5-16-32-28-15-14-26-25-13-10-22(19-23(25)20-27(26)29(28)31)7-6-21-8-11-24(12-9-21)33-30(2)34-17-18-35-30/h8-15,19-20H,3-7,16-18H2,1-2H3. The predicted octanol–water partition coefficient (Wildman–Crippen LogP) is 7.46. The Hall–Kier alpha value is -2.37. The van der Waals surface area contributed by atoms with Gasteiger partial charge in [0.25, 0.3) is 0 Å². The Morgan fingerprint density at radius 1 is 0.914 bits per heavy atom. The number of hydrogen-bond acceptors (Lipinski definition) is 5. The maximum absolute atomic E-state index is 13.0. The van der Waals surface area contributed by atoms with Crippen LogP contribution in [0.4, 0.5) is 0 Å². The van der Waals surface area contributed by atoms with E-state index in [1.54, 1.807) is 0 Å². The summed E-state index contributed by atoms with van der Waals surface area (Å²) in [5.74, 6) is 3.70. The molecule has 0 atom stereocenters. The van der Waals surface area contributed by atoms with Crippen LogP contribution >= 0.6 is 23.5 Å². The number of benzene rings is 2. The smallest absolute Gasteiger partial charge is 0.228 e. The fraction of sp³-hybridized carbons (Fsp3) is 0.367. The summed E-state index contributed by atoms with van der Waals surface area (Å²) >= 11 is 3.75. The predicted molar refractivity (Wildman–Crippen MR) is 149 cm³/mol. The highest BCUT2D eigenvalue weighted by molar-refractivity contribution is 8.21. The molecule has 2 aromatic rings. The van der Waals surface area contributed by atoms with E-state index in [0.717, 1.165) is 71.6 Å². The summed E-state index contributed by atoms with van der Waals surface area (Å²) in [5, 5.41) is 0. The summed E-state index contributed by atoms with van der Waals surface area (Å²) in [6.07, 6.45) is 11.1. The quantitative estimate of drug-likeness (QED) is 0.314. The molecule has 0 bridgehead atoms. The first-order valence-corrected chi connectivity index (χ1v) is 14.5. The number of rotatable bonds is 10. The Morgan fingerprint density at radius 3 is 2.43 bits per heavy atom. The van der Waals surface area contributed by atoms with Gasteiger partial charge in [0.05, 0.1) is 6.61 Å². The van der Waals surface area contributed by atoms with E-state index in [-0.39, 0.29) is 10.0 Å². The molecule has 0 spiro atoms. The Bertz CT molecular complexity index is 1180. The average Bonchev–Trinajstić information content (AvgIpc) is 3.46. The lowest BCUT2D eigenvalue weighted by atomic mass is 9.94. The molecule has 1 heterocycles. The third-order valence-electron chi connectivity index (χ3n) is 6.61. The van der Waals surface area contributed by atoms with Crippen LogP contribution in [0.2, 0.25) is 0 Å². The van der Waals surface area contributed by atoms with Crippen molar-refractivity contribution in [2.75, 3.05) is 18.1 Å². The van der Waals surface area contributed by atoms with E-state index in [9.17, 15) is 4.79 Å². The van der Waals surface area contributed by atoms with Gasteiger partial charge in [-0.2, -0.15) is 0 Å². The van der Waals surface area contributed by atoms with Crippen LogP contribution in [0.25, 0.3) is 11.6 Å². The second-order valence-corrected chi connectivity index (χ2v) is 12.5. The zero-order valence-electron chi connectivity index (χ0n) is 20.5. The number of ether oxygens (including phenoxy) is 2. The minimum atomic E-state index is -0.161. The molecular formula is C30H32O3S2.